The van der Waals surface area contributed by atoms with Crippen molar-refractivity contribution in [3.8, 4) is 5.69 Å². The van der Waals surface area contributed by atoms with Crippen molar-refractivity contribution in [1.82, 2.24) is 9.78 Å². The molecule has 0 bridgehead atoms. The van der Waals surface area contributed by atoms with Crippen LogP contribution in [0.15, 0.2) is 65.5 Å². The smallest absolute Gasteiger partial charge is 0.271 e. The molecular weight excluding hydrogens is 364 g/mol. The highest BCUT2D eigenvalue weighted by Gasteiger charge is 2.15. The lowest BCUT2D eigenvalue weighted by Crippen LogP contribution is -2.26. The second-order valence-electron chi connectivity index (χ2n) is 7.19. The first kappa shape index (κ1) is 18.9. The summed E-state index contributed by atoms with van der Waals surface area (Å²) in [5.41, 5.74) is 2.91. The van der Waals surface area contributed by atoms with Crippen LogP contribution in [-0.2, 0) is 6.42 Å². The maximum Gasteiger partial charge on any atom is 0.271 e. The number of hydrogen-bond donors (Lipinski definition) is 1. The Labute approximate surface area is 169 Å². The standard InChI is InChI=1S/C23H24N4O2/c1-2-17-6-5-7-19(16-17)24-23(29)18-8-10-20(11-9-18)27-22(28)13-12-21(25-27)26-14-3-4-15-26/h5-13,16H,2-4,14-15H2,1H3,(H,24,29). The predicted octanol–water partition coefficient (Wildman–Crippen LogP) is 3.65. The summed E-state index contributed by atoms with van der Waals surface area (Å²) in [5, 5.41) is 7.44. The van der Waals surface area contributed by atoms with Crippen molar-refractivity contribution >= 4 is 17.4 Å². The van der Waals surface area contributed by atoms with Gasteiger partial charge in [-0.3, -0.25) is 9.59 Å². The van der Waals surface area contributed by atoms with Gasteiger partial charge in [0.25, 0.3) is 11.5 Å². The van der Waals surface area contributed by atoms with Crippen molar-refractivity contribution in [3.63, 3.8) is 0 Å². The van der Waals surface area contributed by atoms with Crippen LogP contribution in [0.1, 0.15) is 35.7 Å². The molecule has 1 fully saturated rings. The minimum atomic E-state index is -0.193. The zero-order chi connectivity index (χ0) is 20.2. The van der Waals surface area contributed by atoms with Crippen LogP contribution in [0.2, 0.25) is 0 Å². The van der Waals surface area contributed by atoms with E-state index < -0.39 is 0 Å². The van der Waals surface area contributed by atoms with E-state index >= 15 is 0 Å². The molecule has 2 aromatic carbocycles. The fraction of sp³-hybridized carbons (Fsp3) is 0.261. The van der Waals surface area contributed by atoms with Gasteiger partial charge in [-0.05, 0) is 67.3 Å². The molecule has 6 heteroatoms. The Kier molecular flexibility index (Phi) is 5.42. The fourth-order valence-corrected chi connectivity index (χ4v) is 3.53. The predicted molar refractivity (Wildman–Crippen MR) is 115 cm³/mol. The summed E-state index contributed by atoms with van der Waals surface area (Å²) in [5.74, 6) is 0.621. The highest BCUT2D eigenvalue weighted by molar-refractivity contribution is 6.04. The summed E-state index contributed by atoms with van der Waals surface area (Å²) in [6.07, 6.45) is 3.20. The van der Waals surface area contributed by atoms with E-state index in [1.165, 1.54) is 10.2 Å². The number of anilines is 2. The van der Waals surface area contributed by atoms with Crippen LogP contribution in [0.5, 0.6) is 0 Å². The van der Waals surface area contributed by atoms with Gasteiger partial charge in [0.2, 0.25) is 0 Å². The number of hydrogen-bond acceptors (Lipinski definition) is 4. The molecule has 1 aliphatic heterocycles. The molecule has 0 atom stereocenters. The Morgan fingerprint density at radius 2 is 1.79 bits per heavy atom. The van der Waals surface area contributed by atoms with Gasteiger partial charge in [-0.2, -0.15) is 4.68 Å². The van der Waals surface area contributed by atoms with E-state index in [-0.39, 0.29) is 11.5 Å². The highest BCUT2D eigenvalue weighted by Crippen LogP contribution is 2.17. The minimum absolute atomic E-state index is 0.184. The lowest BCUT2D eigenvalue weighted by atomic mass is 10.1. The first-order valence-electron chi connectivity index (χ1n) is 10.00. The molecule has 1 N–H and O–H groups in total. The minimum Gasteiger partial charge on any atom is -0.355 e. The third-order valence-electron chi connectivity index (χ3n) is 5.18. The molecule has 1 amide bonds. The first-order chi connectivity index (χ1) is 14.1. The second kappa shape index (κ2) is 8.31. The van der Waals surface area contributed by atoms with Gasteiger partial charge in [0.05, 0.1) is 5.69 Å². The number of nitrogens with one attached hydrogen (secondary N) is 1. The van der Waals surface area contributed by atoms with Gasteiger partial charge in [-0.1, -0.05) is 19.1 Å². The lowest BCUT2D eigenvalue weighted by Gasteiger charge is -2.17. The molecule has 2 heterocycles. The topological polar surface area (TPSA) is 67.2 Å². The summed E-state index contributed by atoms with van der Waals surface area (Å²) < 4.78 is 1.39. The number of aryl methyl sites for hydroxylation is 1. The van der Waals surface area contributed by atoms with Gasteiger partial charge < -0.3 is 10.2 Å². The molecule has 0 aliphatic carbocycles. The quantitative estimate of drug-likeness (QED) is 0.725. The third kappa shape index (κ3) is 4.21. The number of benzene rings is 2. The van der Waals surface area contributed by atoms with Crippen LogP contribution in [0.3, 0.4) is 0 Å². The Morgan fingerprint density at radius 3 is 2.52 bits per heavy atom. The monoisotopic (exact) mass is 388 g/mol. The molecule has 1 aliphatic rings. The van der Waals surface area contributed by atoms with E-state index in [1.807, 2.05) is 24.3 Å². The maximum absolute atomic E-state index is 12.6. The van der Waals surface area contributed by atoms with E-state index in [0.717, 1.165) is 43.9 Å². The molecular formula is C23H24N4O2. The van der Waals surface area contributed by atoms with E-state index in [0.29, 0.717) is 11.3 Å². The number of nitrogens with zero attached hydrogens (tertiary/aromatic N) is 3. The summed E-state index contributed by atoms with van der Waals surface area (Å²) >= 11 is 0. The summed E-state index contributed by atoms with van der Waals surface area (Å²) in [6.45, 7) is 4.00. The third-order valence-corrected chi connectivity index (χ3v) is 5.18. The van der Waals surface area contributed by atoms with Crippen molar-refractivity contribution in [2.24, 2.45) is 0 Å². The normalized spacial score (nSPS) is 13.5. The second-order valence-corrected chi connectivity index (χ2v) is 7.19. The van der Waals surface area contributed by atoms with Crippen molar-refractivity contribution < 1.29 is 4.79 Å². The average molecular weight is 388 g/mol. The summed E-state index contributed by atoms with van der Waals surface area (Å²) in [7, 11) is 0. The van der Waals surface area contributed by atoms with E-state index in [4.69, 9.17) is 0 Å². The van der Waals surface area contributed by atoms with E-state index in [9.17, 15) is 9.59 Å². The van der Waals surface area contributed by atoms with Gasteiger partial charge in [-0.25, -0.2) is 0 Å². The number of carbonyl (C=O) groups excluding carboxylic acids is 1. The van der Waals surface area contributed by atoms with Crippen LogP contribution in [0.25, 0.3) is 5.69 Å². The zero-order valence-electron chi connectivity index (χ0n) is 16.5. The maximum atomic E-state index is 12.6. The SMILES string of the molecule is CCc1cccc(NC(=O)c2ccc(-n3nc(N4CCCC4)ccc3=O)cc2)c1. The van der Waals surface area contributed by atoms with Gasteiger partial charge in [-0.15, -0.1) is 5.10 Å². The largest absolute Gasteiger partial charge is 0.355 e. The number of aromatic nitrogens is 2. The molecule has 148 valence electrons. The van der Waals surface area contributed by atoms with Crippen LogP contribution in [-0.4, -0.2) is 28.8 Å². The molecule has 0 unspecified atom stereocenters. The number of amides is 1. The number of rotatable bonds is 5. The van der Waals surface area contributed by atoms with Gasteiger partial charge in [0.15, 0.2) is 0 Å². The first-order valence-corrected chi connectivity index (χ1v) is 10.00. The van der Waals surface area contributed by atoms with Gasteiger partial charge in [0, 0.05) is 30.4 Å². The van der Waals surface area contributed by atoms with Gasteiger partial charge >= 0.3 is 0 Å². The van der Waals surface area contributed by atoms with Crippen LogP contribution in [0.4, 0.5) is 11.5 Å². The average Bonchev–Trinajstić information content (AvgIpc) is 3.29. The van der Waals surface area contributed by atoms with Crippen LogP contribution < -0.4 is 15.8 Å². The van der Waals surface area contributed by atoms with Crippen LogP contribution in [0, 0.1) is 0 Å². The van der Waals surface area contributed by atoms with E-state index in [2.05, 4.69) is 22.2 Å². The Bertz CT molecular complexity index is 1070. The summed E-state index contributed by atoms with van der Waals surface area (Å²) in [4.78, 5) is 27.0. The van der Waals surface area contributed by atoms with Gasteiger partial charge in [0.1, 0.15) is 5.82 Å². The molecule has 3 aromatic rings. The fourth-order valence-electron chi connectivity index (χ4n) is 3.53. The molecule has 0 saturated carbocycles. The van der Waals surface area contributed by atoms with Crippen molar-refractivity contribution in [2.75, 3.05) is 23.3 Å². The Balaban J connectivity index is 1.53. The molecule has 1 saturated heterocycles. The molecule has 1 aromatic heterocycles. The highest BCUT2D eigenvalue weighted by atomic mass is 16.1. The molecule has 29 heavy (non-hydrogen) atoms. The van der Waals surface area contributed by atoms with E-state index in [1.54, 1.807) is 36.4 Å². The molecule has 6 nitrogen and oxygen atoms in total. The molecule has 4 rings (SSSR count). The Hall–Kier alpha value is -3.41. The van der Waals surface area contributed by atoms with Crippen LogP contribution >= 0.6 is 0 Å². The molecule has 0 radical (unpaired) electrons. The summed E-state index contributed by atoms with van der Waals surface area (Å²) in [6, 6.07) is 18.1. The number of carbonyl (C=O) groups is 1. The van der Waals surface area contributed by atoms with Crippen molar-refractivity contribution in [2.45, 2.75) is 26.2 Å². The van der Waals surface area contributed by atoms with Crippen molar-refractivity contribution in [3.05, 3.63) is 82.1 Å². The lowest BCUT2D eigenvalue weighted by molar-refractivity contribution is 0.102. The van der Waals surface area contributed by atoms with Crippen molar-refractivity contribution in [1.29, 1.82) is 0 Å². The molecule has 0 spiro atoms. The Morgan fingerprint density at radius 1 is 1.03 bits per heavy atom. The zero-order valence-corrected chi connectivity index (χ0v) is 16.5.